The maximum absolute atomic E-state index is 12.6. The zero-order valence-electron chi connectivity index (χ0n) is 13.0. The molecule has 1 heterocycles. The lowest BCUT2D eigenvalue weighted by atomic mass is 10.1. The molecular weight excluding hydrogens is 270 g/mol. The number of aromatic nitrogens is 1. The van der Waals surface area contributed by atoms with Crippen LogP contribution in [-0.2, 0) is 11.3 Å². The first-order valence-electron chi connectivity index (χ1n) is 6.93. The number of nitrogens with zero attached hydrogens (tertiary/aromatic N) is 3. The van der Waals surface area contributed by atoms with E-state index in [-0.39, 0.29) is 12.6 Å². The van der Waals surface area contributed by atoms with Gasteiger partial charge in [-0.05, 0) is 45.4 Å². The molecule has 0 unspecified atom stereocenters. The van der Waals surface area contributed by atoms with E-state index in [1.807, 2.05) is 39.8 Å². The van der Waals surface area contributed by atoms with E-state index in [2.05, 4.69) is 4.98 Å². The summed E-state index contributed by atoms with van der Waals surface area (Å²) < 4.78 is 0. The summed E-state index contributed by atoms with van der Waals surface area (Å²) in [5.41, 5.74) is 0.408. The SMILES string of the molecule is CCN(Cc1ccncc1)C(=O)N(CC(=O)O)C(C)(C)C. The fourth-order valence-electron chi connectivity index (χ4n) is 1.92. The quantitative estimate of drug-likeness (QED) is 0.903. The minimum Gasteiger partial charge on any atom is -0.480 e. The van der Waals surface area contributed by atoms with Gasteiger partial charge in [-0.2, -0.15) is 0 Å². The standard InChI is InChI=1S/C15H23N3O3/c1-5-17(10-12-6-8-16-9-7-12)14(21)18(11-13(19)20)15(2,3)4/h6-9H,5,10-11H2,1-4H3,(H,19,20). The van der Waals surface area contributed by atoms with Crippen LogP contribution in [0.5, 0.6) is 0 Å². The molecule has 0 saturated carbocycles. The first-order valence-corrected chi connectivity index (χ1v) is 6.93. The number of carboxylic acids is 1. The number of carboxylic acid groups (broad SMARTS) is 1. The lowest BCUT2D eigenvalue weighted by Crippen LogP contribution is -2.53. The normalized spacial score (nSPS) is 11.0. The van der Waals surface area contributed by atoms with Crippen LogP contribution in [0.2, 0.25) is 0 Å². The van der Waals surface area contributed by atoms with Crippen molar-refractivity contribution < 1.29 is 14.7 Å². The maximum Gasteiger partial charge on any atom is 0.323 e. The van der Waals surface area contributed by atoms with Crippen LogP contribution in [0.1, 0.15) is 33.3 Å². The lowest BCUT2D eigenvalue weighted by molar-refractivity contribution is -0.138. The van der Waals surface area contributed by atoms with Crippen LogP contribution in [-0.4, -0.2) is 50.5 Å². The molecule has 0 aliphatic carbocycles. The van der Waals surface area contributed by atoms with E-state index in [9.17, 15) is 9.59 Å². The van der Waals surface area contributed by atoms with E-state index in [0.717, 1.165) is 5.56 Å². The Morgan fingerprint density at radius 3 is 2.24 bits per heavy atom. The minimum absolute atomic E-state index is 0.274. The Morgan fingerprint density at radius 2 is 1.81 bits per heavy atom. The van der Waals surface area contributed by atoms with Crippen molar-refractivity contribution >= 4 is 12.0 Å². The molecule has 0 atom stereocenters. The molecule has 1 N–H and O–H groups in total. The number of carbonyl (C=O) groups is 2. The molecule has 2 amide bonds. The van der Waals surface area contributed by atoms with Gasteiger partial charge in [0.15, 0.2) is 0 Å². The number of carbonyl (C=O) groups excluding carboxylic acids is 1. The third-order valence-electron chi connectivity index (χ3n) is 3.11. The van der Waals surface area contributed by atoms with Crippen LogP contribution in [0.3, 0.4) is 0 Å². The Morgan fingerprint density at radius 1 is 1.24 bits per heavy atom. The highest BCUT2D eigenvalue weighted by molar-refractivity contribution is 5.80. The summed E-state index contributed by atoms with van der Waals surface area (Å²) in [6.45, 7) is 7.99. The van der Waals surface area contributed by atoms with E-state index in [1.54, 1.807) is 17.3 Å². The van der Waals surface area contributed by atoms with Crippen molar-refractivity contribution in [2.45, 2.75) is 39.8 Å². The minimum atomic E-state index is -1.02. The van der Waals surface area contributed by atoms with Gasteiger partial charge in [0.1, 0.15) is 6.54 Å². The first kappa shape index (κ1) is 16.9. The number of amides is 2. The van der Waals surface area contributed by atoms with Gasteiger partial charge in [0.2, 0.25) is 0 Å². The summed E-state index contributed by atoms with van der Waals surface area (Å²) in [5.74, 6) is -1.02. The Hall–Kier alpha value is -2.11. The number of rotatable bonds is 5. The summed E-state index contributed by atoms with van der Waals surface area (Å²) in [6, 6.07) is 3.41. The summed E-state index contributed by atoms with van der Waals surface area (Å²) in [4.78, 5) is 30.6. The number of pyridine rings is 1. The van der Waals surface area contributed by atoms with Gasteiger partial charge in [0.05, 0.1) is 0 Å². The summed E-state index contributed by atoms with van der Waals surface area (Å²) in [7, 11) is 0. The van der Waals surface area contributed by atoms with Crippen LogP contribution in [0, 0.1) is 0 Å². The van der Waals surface area contributed by atoms with Crippen molar-refractivity contribution in [1.29, 1.82) is 0 Å². The van der Waals surface area contributed by atoms with Crippen LogP contribution in [0.25, 0.3) is 0 Å². The Balaban J connectivity index is 2.91. The zero-order chi connectivity index (χ0) is 16.0. The summed E-state index contributed by atoms with van der Waals surface area (Å²) in [6.07, 6.45) is 3.35. The maximum atomic E-state index is 12.6. The van der Waals surface area contributed by atoms with Gasteiger partial charge in [0.25, 0.3) is 0 Å². The molecule has 116 valence electrons. The molecule has 0 fully saturated rings. The monoisotopic (exact) mass is 293 g/mol. The molecular formula is C15H23N3O3. The van der Waals surface area contributed by atoms with Gasteiger partial charge >= 0.3 is 12.0 Å². The lowest BCUT2D eigenvalue weighted by Gasteiger charge is -2.38. The summed E-state index contributed by atoms with van der Waals surface area (Å²) >= 11 is 0. The van der Waals surface area contributed by atoms with Crippen molar-refractivity contribution in [3.8, 4) is 0 Å². The molecule has 0 bridgehead atoms. The smallest absolute Gasteiger partial charge is 0.323 e. The van der Waals surface area contributed by atoms with Crippen LogP contribution in [0.15, 0.2) is 24.5 Å². The van der Waals surface area contributed by atoms with E-state index >= 15 is 0 Å². The zero-order valence-corrected chi connectivity index (χ0v) is 13.0. The van der Waals surface area contributed by atoms with Crippen LogP contribution < -0.4 is 0 Å². The number of urea groups is 1. The Bertz CT molecular complexity index is 483. The topological polar surface area (TPSA) is 73.7 Å². The Kier molecular flexibility index (Phi) is 5.69. The number of hydrogen-bond donors (Lipinski definition) is 1. The van der Waals surface area contributed by atoms with Crippen molar-refractivity contribution in [2.24, 2.45) is 0 Å². The fourth-order valence-corrected chi connectivity index (χ4v) is 1.92. The van der Waals surface area contributed by atoms with Crippen molar-refractivity contribution in [2.75, 3.05) is 13.1 Å². The van der Waals surface area contributed by atoms with E-state index in [0.29, 0.717) is 13.1 Å². The van der Waals surface area contributed by atoms with Crippen LogP contribution in [0.4, 0.5) is 4.79 Å². The van der Waals surface area contributed by atoms with E-state index in [4.69, 9.17) is 5.11 Å². The van der Waals surface area contributed by atoms with E-state index in [1.165, 1.54) is 4.90 Å². The van der Waals surface area contributed by atoms with Gasteiger partial charge in [0, 0.05) is 31.0 Å². The van der Waals surface area contributed by atoms with Gasteiger partial charge in [-0.25, -0.2) is 4.79 Å². The average Bonchev–Trinajstić information content (AvgIpc) is 2.41. The average molecular weight is 293 g/mol. The predicted octanol–water partition coefficient (Wildman–Crippen LogP) is 2.21. The molecule has 1 aromatic rings. The third kappa shape index (κ3) is 5.06. The number of aliphatic carboxylic acids is 1. The van der Waals surface area contributed by atoms with E-state index < -0.39 is 11.5 Å². The highest BCUT2D eigenvalue weighted by atomic mass is 16.4. The first-order chi connectivity index (χ1) is 9.75. The second kappa shape index (κ2) is 7.06. The molecule has 0 aliphatic rings. The number of hydrogen-bond acceptors (Lipinski definition) is 3. The molecule has 0 aliphatic heterocycles. The molecule has 6 nitrogen and oxygen atoms in total. The van der Waals surface area contributed by atoms with Crippen molar-refractivity contribution in [1.82, 2.24) is 14.8 Å². The second-order valence-electron chi connectivity index (χ2n) is 5.80. The molecule has 0 radical (unpaired) electrons. The van der Waals surface area contributed by atoms with Gasteiger partial charge < -0.3 is 14.9 Å². The highest BCUT2D eigenvalue weighted by Gasteiger charge is 2.31. The fraction of sp³-hybridized carbons (Fsp3) is 0.533. The molecule has 21 heavy (non-hydrogen) atoms. The molecule has 0 aromatic carbocycles. The highest BCUT2D eigenvalue weighted by Crippen LogP contribution is 2.17. The molecule has 0 spiro atoms. The predicted molar refractivity (Wildman–Crippen MR) is 79.8 cm³/mol. The summed E-state index contributed by atoms with van der Waals surface area (Å²) in [5, 5.41) is 9.02. The molecule has 6 heteroatoms. The third-order valence-corrected chi connectivity index (χ3v) is 3.11. The van der Waals surface area contributed by atoms with Gasteiger partial charge in [-0.1, -0.05) is 0 Å². The molecule has 1 rings (SSSR count). The Labute approximate surface area is 125 Å². The second-order valence-corrected chi connectivity index (χ2v) is 5.80. The molecule has 0 saturated heterocycles. The van der Waals surface area contributed by atoms with Gasteiger partial charge in [-0.3, -0.25) is 9.78 Å². The largest absolute Gasteiger partial charge is 0.480 e. The van der Waals surface area contributed by atoms with Crippen molar-refractivity contribution in [3.63, 3.8) is 0 Å². The van der Waals surface area contributed by atoms with Crippen LogP contribution >= 0.6 is 0 Å². The van der Waals surface area contributed by atoms with Crippen molar-refractivity contribution in [3.05, 3.63) is 30.1 Å². The van der Waals surface area contributed by atoms with Gasteiger partial charge in [-0.15, -0.1) is 0 Å². The molecule has 1 aromatic heterocycles.